The van der Waals surface area contributed by atoms with E-state index < -0.39 is 0 Å². The first-order valence-corrected chi connectivity index (χ1v) is 4.29. The van der Waals surface area contributed by atoms with Crippen molar-refractivity contribution in [2.45, 2.75) is 34.6 Å². The second kappa shape index (κ2) is 4.00. The van der Waals surface area contributed by atoms with Gasteiger partial charge in [0.15, 0.2) is 0 Å². The zero-order valence-electron chi connectivity index (χ0n) is 8.02. The molecule has 0 aliphatic heterocycles. The molecular weight excluding hydrogens is 120 g/mol. The molecule has 0 aromatic rings. The Labute approximate surface area is 66.0 Å². The Morgan fingerprint density at radius 1 is 0.800 bits per heavy atom. The summed E-state index contributed by atoms with van der Waals surface area (Å²) in [6.07, 6.45) is 0. The van der Waals surface area contributed by atoms with E-state index in [2.05, 4.69) is 41.5 Å². The van der Waals surface area contributed by atoms with Crippen molar-refractivity contribution < 1.29 is 0 Å². The van der Waals surface area contributed by atoms with Crippen molar-refractivity contribution in [3.63, 3.8) is 0 Å². The van der Waals surface area contributed by atoms with E-state index in [-0.39, 0.29) is 0 Å². The monoisotopic (exact) mass is 141 g/mol. The molecule has 0 aliphatic carbocycles. The molecule has 10 heavy (non-hydrogen) atoms. The smallest absolute Gasteiger partial charge is 0.0467 e. The third-order valence-corrected chi connectivity index (χ3v) is 2.58. The predicted molar refractivity (Wildman–Crippen MR) is 47.7 cm³/mol. The minimum atomic E-state index is 0.611. The van der Waals surface area contributed by atoms with E-state index in [0.717, 1.165) is 17.8 Å². The molecule has 0 aromatic heterocycles. The average Bonchev–Trinajstić information content (AvgIpc) is 1.84. The van der Waals surface area contributed by atoms with Gasteiger partial charge in [-0.2, -0.15) is 5.92 Å². The summed E-state index contributed by atoms with van der Waals surface area (Å²) >= 11 is 0. The van der Waals surface area contributed by atoms with Crippen LogP contribution >= 0.6 is 0 Å². The van der Waals surface area contributed by atoms with Crippen LogP contribution in [-0.2, 0) is 0 Å². The van der Waals surface area contributed by atoms with Crippen molar-refractivity contribution in [3.05, 3.63) is 6.92 Å². The van der Waals surface area contributed by atoms with Crippen LogP contribution in [-0.4, -0.2) is 0 Å². The first-order chi connectivity index (χ1) is 4.46. The Morgan fingerprint density at radius 3 is 1.30 bits per heavy atom. The highest BCUT2D eigenvalue weighted by Crippen LogP contribution is 2.25. The molecule has 0 spiro atoms. The highest BCUT2D eigenvalue weighted by atomic mass is 14.2. The zero-order chi connectivity index (χ0) is 8.31. The van der Waals surface area contributed by atoms with Gasteiger partial charge in [-0.3, -0.25) is 0 Å². The molecule has 0 aliphatic rings. The topological polar surface area (TPSA) is 0 Å². The summed E-state index contributed by atoms with van der Waals surface area (Å²) in [4.78, 5) is 0. The molecule has 0 saturated carbocycles. The van der Waals surface area contributed by atoms with Gasteiger partial charge in [0.05, 0.1) is 0 Å². The van der Waals surface area contributed by atoms with E-state index in [1.54, 1.807) is 0 Å². The molecule has 62 valence electrons. The van der Waals surface area contributed by atoms with Crippen molar-refractivity contribution in [3.8, 4) is 0 Å². The van der Waals surface area contributed by atoms with Crippen LogP contribution in [0, 0.1) is 30.6 Å². The van der Waals surface area contributed by atoms with Crippen LogP contribution in [0.25, 0.3) is 0 Å². The molecule has 2 atom stereocenters. The molecule has 0 amide bonds. The van der Waals surface area contributed by atoms with Gasteiger partial charge < -0.3 is 6.92 Å². The standard InChI is InChI=1S/C10H21/c1-7(2)9(5)10(6)8(3)4/h7-10H,5H2,1-4,6H3/q-1. The van der Waals surface area contributed by atoms with Gasteiger partial charge in [-0.1, -0.05) is 46.5 Å². The van der Waals surface area contributed by atoms with Crippen LogP contribution in [0.2, 0.25) is 0 Å². The maximum atomic E-state index is 4.16. The van der Waals surface area contributed by atoms with Gasteiger partial charge in [-0.15, -0.1) is 0 Å². The summed E-state index contributed by atoms with van der Waals surface area (Å²) < 4.78 is 0. The summed E-state index contributed by atoms with van der Waals surface area (Å²) in [5, 5.41) is 0. The molecule has 0 nitrogen and oxygen atoms in total. The first-order valence-electron chi connectivity index (χ1n) is 4.29. The molecule has 0 heterocycles. The number of rotatable bonds is 3. The highest BCUT2D eigenvalue weighted by Gasteiger charge is 2.12. The highest BCUT2D eigenvalue weighted by molar-refractivity contribution is 4.73. The Hall–Kier alpha value is 0. The fraction of sp³-hybridized carbons (Fsp3) is 0.900. The normalized spacial score (nSPS) is 18.0. The minimum absolute atomic E-state index is 0.611. The second-order valence-corrected chi connectivity index (χ2v) is 4.01. The van der Waals surface area contributed by atoms with E-state index in [1.807, 2.05) is 0 Å². The number of hydrogen-bond donors (Lipinski definition) is 0. The van der Waals surface area contributed by atoms with Gasteiger partial charge in [0.1, 0.15) is 0 Å². The van der Waals surface area contributed by atoms with E-state index in [9.17, 15) is 0 Å². The molecule has 0 heteroatoms. The molecule has 0 rings (SSSR count). The third-order valence-electron chi connectivity index (χ3n) is 2.58. The molecule has 0 saturated heterocycles. The van der Waals surface area contributed by atoms with Crippen LogP contribution in [0.3, 0.4) is 0 Å². The van der Waals surface area contributed by atoms with Gasteiger partial charge >= 0.3 is 0 Å². The fourth-order valence-corrected chi connectivity index (χ4v) is 1.10. The molecule has 0 bridgehead atoms. The van der Waals surface area contributed by atoms with Gasteiger partial charge in [0.2, 0.25) is 0 Å². The number of hydrogen-bond acceptors (Lipinski definition) is 0. The molecule has 0 aromatic carbocycles. The summed E-state index contributed by atoms with van der Waals surface area (Å²) in [6, 6.07) is 0. The van der Waals surface area contributed by atoms with Gasteiger partial charge in [-0.25, -0.2) is 0 Å². The summed E-state index contributed by atoms with van der Waals surface area (Å²) in [5.41, 5.74) is 0. The second-order valence-electron chi connectivity index (χ2n) is 4.01. The quantitative estimate of drug-likeness (QED) is 0.528. The Bertz CT molecular complexity index is 70.0. The summed E-state index contributed by atoms with van der Waals surface area (Å²) in [6.45, 7) is 15.5. The van der Waals surface area contributed by atoms with E-state index in [1.165, 1.54) is 0 Å². The Kier molecular flexibility index (Phi) is 4.00. The van der Waals surface area contributed by atoms with Gasteiger partial charge in [0.25, 0.3) is 0 Å². The van der Waals surface area contributed by atoms with Crippen molar-refractivity contribution >= 4 is 0 Å². The largest absolute Gasteiger partial charge is 0.340 e. The SMILES string of the molecule is [CH2-]C(C(C)C)C(C)C(C)C. The molecule has 2 unspecified atom stereocenters. The van der Waals surface area contributed by atoms with Crippen LogP contribution < -0.4 is 0 Å². The lowest BCUT2D eigenvalue weighted by Gasteiger charge is -2.32. The maximum Gasteiger partial charge on any atom is -0.0467 e. The van der Waals surface area contributed by atoms with Gasteiger partial charge in [0, 0.05) is 0 Å². The lowest BCUT2D eigenvalue weighted by atomic mass is 9.80. The maximum absolute atomic E-state index is 4.16. The predicted octanol–water partition coefficient (Wildman–Crippen LogP) is 3.38. The summed E-state index contributed by atoms with van der Waals surface area (Å²) in [5.74, 6) is 2.85. The van der Waals surface area contributed by atoms with Crippen molar-refractivity contribution in [1.82, 2.24) is 0 Å². The Balaban J connectivity index is 3.81. The summed E-state index contributed by atoms with van der Waals surface area (Å²) in [7, 11) is 0. The van der Waals surface area contributed by atoms with Crippen molar-refractivity contribution in [2.24, 2.45) is 23.7 Å². The van der Waals surface area contributed by atoms with E-state index in [4.69, 9.17) is 0 Å². The van der Waals surface area contributed by atoms with E-state index >= 15 is 0 Å². The molecule has 0 fully saturated rings. The lowest BCUT2D eigenvalue weighted by molar-refractivity contribution is 0.261. The average molecular weight is 141 g/mol. The molecule has 0 radical (unpaired) electrons. The molecular formula is C10H21-. The van der Waals surface area contributed by atoms with Crippen LogP contribution in [0.1, 0.15) is 34.6 Å². The van der Waals surface area contributed by atoms with Crippen LogP contribution in [0.4, 0.5) is 0 Å². The van der Waals surface area contributed by atoms with Crippen molar-refractivity contribution in [1.29, 1.82) is 0 Å². The first kappa shape index (κ1) is 10.0. The van der Waals surface area contributed by atoms with Crippen LogP contribution in [0.15, 0.2) is 0 Å². The third kappa shape index (κ3) is 2.72. The van der Waals surface area contributed by atoms with E-state index in [0.29, 0.717) is 5.92 Å². The molecule has 0 N–H and O–H groups in total. The zero-order valence-corrected chi connectivity index (χ0v) is 8.02. The van der Waals surface area contributed by atoms with Gasteiger partial charge in [-0.05, 0) is 5.92 Å². The van der Waals surface area contributed by atoms with Crippen molar-refractivity contribution in [2.75, 3.05) is 0 Å². The van der Waals surface area contributed by atoms with Crippen LogP contribution in [0.5, 0.6) is 0 Å². The fourth-order valence-electron chi connectivity index (χ4n) is 1.10. The Morgan fingerprint density at radius 2 is 1.20 bits per heavy atom. The lowest BCUT2D eigenvalue weighted by Crippen LogP contribution is -2.19. The minimum Gasteiger partial charge on any atom is -0.340 e.